The van der Waals surface area contributed by atoms with Gasteiger partial charge in [-0.2, -0.15) is 0 Å². The topological polar surface area (TPSA) is 55.1 Å². The SMILES string of the molecule is CCC1CCCC(NC(=O)[C@@H](N)CC(C)C)C1.Cl. The second-order valence-corrected chi connectivity index (χ2v) is 5.88. The lowest BCUT2D eigenvalue weighted by Gasteiger charge is -2.30. The summed E-state index contributed by atoms with van der Waals surface area (Å²) in [6.07, 6.45) is 6.82. The normalized spacial score (nSPS) is 25.4. The minimum Gasteiger partial charge on any atom is -0.352 e. The van der Waals surface area contributed by atoms with Gasteiger partial charge >= 0.3 is 0 Å². The Balaban J connectivity index is 0.00000289. The van der Waals surface area contributed by atoms with Crippen LogP contribution in [0.2, 0.25) is 0 Å². The molecule has 0 bridgehead atoms. The fourth-order valence-electron chi connectivity index (χ4n) is 2.72. The maximum Gasteiger partial charge on any atom is 0.237 e. The molecule has 3 nitrogen and oxygen atoms in total. The molecule has 3 N–H and O–H groups in total. The van der Waals surface area contributed by atoms with Crippen molar-refractivity contribution in [1.82, 2.24) is 5.32 Å². The van der Waals surface area contributed by atoms with Gasteiger partial charge < -0.3 is 11.1 Å². The zero-order chi connectivity index (χ0) is 12.8. The monoisotopic (exact) mass is 276 g/mol. The first-order valence-corrected chi connectivity index (χ1v) is 7.08. The van der Waals surface area contributed by atoms with E-state index in [9.17, 15) is 4.79 Å². The van der Waals surface area contributed by atoms with Crippen LogP contribution >= 0.6 is 12.4 Å². The quantitative estimate of drug-likeness (QED) is 0.811. The first kappa shape index (κ1) is 17.7. The molecule has 0 aromatic carbocycles. The minimum atomic E-state index is -0.336. The third-order valence-electron chi connectivity index (χ3n) is 3.77. The van der Waals surface area contributed by atoms with Crippen LogP contribution in [0, 0.1) is 11.8 Å². The summed E-state index contributed by atoms with van der Waals surface area (Å²) in [5.74, 6) is 1.31. The number of nitrogens with two attached hydrogens (primary N) is 1. The molecule has 1 aliphatic carbocycles. The van der Waals surface area contributed by atoms with Crippen LogP contribution in [-0.4, -0.2) is 18.0 Å². The second-order valence-electron chi connectivity index (χ2n) is 5.88. The molecular formula is C14H29ClN2O. The molecule has 1 aliphatic rings. The molecule has 0 heterocycles. The fourth-order valence-corrected chi connectivity index (χ4v) is 2.72. The Kier molecular flexibility index (Phi) is 8.62. The van der Waals surface area contributed by atoms with E-state index in [1.807, 2.05) is 0 Å². The Bertz CT molecular complexity index is 246. The molecule has 1 amide bonds. The zero-order valence-electron chi connectivity index (χ0n) is 11.9. The average molecular weight is 277 g/mol. The van der Waals surface area contributed by atoms with Crippen LogP contribution in [0.15, 0.2) is 0 Å². The number of carbonyl (C=O) groups excluding carboxylic acids is 1. The van der Waals surface area contributed by atoms with Gasteiger partial charge in [0.05, 0.1) is 6.04 Å². The van der Waals surface area contributed by atoms with Gasteiger partial charge in [0.2, 0.25) is 5.91 Å². The number of rotatable bonds is 5. The summed E-state index contributed by atoms with van der Waals surface area (Å²) in [5.41, 5.74) is 5.89. The lowest BCUT2D eigenvalue weighted by molar-refractivity contribution is -0.123. The standard InChI is InChI=1S/C14H28N2O.ClH/c1-4-11-6-5-7-12(9-11)16-14(17)13(15)8-10(2)3;/h10-13H,4-9,15H2,1-3H3,(H,16,17);1H/t11?,12?,13-;/m0./s1. The summed E-state index contributed by atoms with van der Waals surface area (Å²) < 4.78 is 0. The molecule has 108 valence electrons. The summed E-state index contributed by atoms with van der Waals surface area (Å²) >= 11 is 0. The fraction of sp³-hybridized carbons (Fsp3) is 0.929. The molecule has 0 saturated heterocycles. The Hall–Kier alpha value is -0.280. The van der Waals surface area contributed by atoms with Gasteiger partial charge in [0.1, 0.15) is 0 Å². The van der Waals surface area contributed by atoms with Crippen LogP contribution in [-0.2, 0) is 4.79 Å². The highest BCUT2D eigenvalue weighted by Gasteiger charge is 2.24. The van der Waals surface area contributed by atoms with Crippen molar-refractivity contribution in [3.63, 3.8) is 0 Å². The van der Waals surface area contributed by atoms with Gasteiger partial charge in [0.25, 0.3) is 0 Å². The molecule has 3 atom stereocenters. The maximum absolute atomic E-state index is 11.9. The molecule has 1 rings (SSSR count). The van der Waals surface area contributed by atoms with E-state index < -0.39 is 0 Å². The predicted octanol–water partition coefficient (Wildman–Crippen LogP) is 2.87. The van der Waals surface area contributed by atoms with E-state index in [4.69, 9.17) is 5.73 Å². The Morgan fingerprint density at radius 3 is 2.61 bits per heavy atom. The third-order valence-corrected chi connectivity index (χ3v) is 3.77. The van der Waals surface area contributed by atoms with Crippen molar-refractivity contribution in [2.75, 3.05) is 0 Å². The average Bonchev–Trinajstić information content (AvgIpc) is 2.28. The van der Waals surface area contributed by atoms with Crippen LogP contribution in [0.4, 0.5) is 0 Å². The van der Waals surface area contributed by atoms with Crippen molar-refractivity contribution >= 4 is 18.3 Å². The van der Waals surface area contributed by atoms with Gasteiger partial charge in [0.15, 0.2) is 0 Å². The van der Waals surface area contributed by atoms with E-state index in [1.165, 1.54) is 19.3 Å². The van der Waals surface area contributed by atoms with Crippen molar-refractivity contribution in [3.05, 3.63) is 0 Å². The minimum absolute atomic E-state index is 0. The smallest absolute Gasteiger partial charge is 0.237 e. The Morgan fingerprint density at radius 2 is 2.06 bits per heavy atom. The van der Waals surface area contributed by atoms with Gasteiger partial charge in [-0.25, -0.2) is 0 Å². The molecule has 1 saturated carbocycles. The zero-order valence-corrected chi connectivity index (χ0v) is 12.8. The van der Waals surface area contributed by atoms with Crippen molar-refractivity contribution in [2.24, 2.45) is 17.6 Å². The molecular weight excluding hydrogens is 248 g/mol. The van der Waals surface area contributed by atoms with Gasteiger partial charge in [-0.3, -0.25) is 4.79 Å². The predicted molar refractivity (Wildman–Crippen MR) is 78.9 cm³/mol. The summed E-state index contributed by atoms with van der Waals surface area (Å²) in [4.78, 5) is 11.9. The third kappa shape index (κ3) is 6.05. The molecule has 4 heteroatoms. The molecule has 18 heavy (non-hydrogen) atoms. The lowest BCUT2D eigenvalue weighted by atomic mass is 9.84. The van der Waals surface area contributed by atoms with E-state index in [2.05, 4.69) is 26.1 Å². The van der Waals surface area contributed by atoms with Crippen LogP contribution < -0.4 is 11.1 Å². The number of nitrogens with one attached hydrogen (secondary N) is 1. The lowest BCUT2D eigenvalue weighted by Crippen LogP contribution is -2.47. The van der Waals surface area contributed by atoms with E-state index >= 15 is 0 Å². The number of hydrogen-bond acceptors (Lipinski definition) is 2. The second kappa shape index (κ2) is 8.76. The number of amides is 1. The van der Waals surface area contributed by atoms with Crippen LogP contribution in [0.3, 0.4) is 0 Å². The first-order valence-electron chi connectivity index (χ1n) is 7.08. The van der Waals surface area contributed by atoms with Crippen LogP contribution in [0.5, 0.6) is 0 Å². The summed E-state index contributed by atoms with van der Waals surface area (Å²) in [7, 11) is 0. The van der Waals surface area contributed by atoms with Crippen molar-refractivity contribution < 1.29 is 4.79 Å². The van der Waals surface area contributed by atoms with Gasteiger partial charge in [-0.15, -0.1) is 12.4 Å². The first-order chi connectivity index (χ1) is 8.02. The molecule has 0 aromatic rings. The molecule has 0 spiro atoms. The summed E-state index contributed by atoms with van der Waals surface area (Å²) in [6.45, 7) is 6.43. The Labute approximate surface area is 118 Å². The van der Waals surface area contributed by atoms with Crippen LogP contribution in [0.25, 0.3) is 0 Å². The molecule has 0 aromatic heterocycles. The van der Waals surface area contributed by atoms with Crippen molar-refractivity contribution in [3.8, 4) is 0 Å². The highest BCUT2D eigenvalue weighted by Crippen LogP contribution is 2.26. The van der Waals surface area contributed by atoms with E-state index in [0.717, 1.165) is 25.2 Å². The molecule has 2 unspecified atom stereocenters. The number of halogens is 1. The van der Waals surface area contributed by atoms with E-state index in [1.54, 1.807) is 0 Å². The van der Waals surface area contributed by atoms with E-state index in [0.29, 0.717) is 12.0 Å². The van der Waals surface area contributed by atoms with Gasteiger partial charge in [-0.1, -0.05) is 40.0 Å². The highest BCUT2D eigenvalue weighted by molar-refractivity contribution is 5.85. The largest absolute Gasteiger partial charge is 0.352 e. The van der Waals surface area contributed by atoms with Crippen LogP contribution in [0.1, 0.15) is 59.3 Å². The summed E-state index contributed by atoms with van der Waals surface area (Å²) in [6, 6.07) is 0.0245. The van der Waals surface area contributed by atoms with Gasteiger partial charge in [0, 0.05) is 6.04 Å². The van der Waals surface area contributed by atoms with Crippen molar-refractivity contribution in [1.29, 1.82) is 0 Å². The number of hydrogen-bond donors (Lipinski definition) is 2. The molecule has 0 aliphatic heterocycles. The number of carbonyl (C=O) groups is 1. The Morgan fingerprint density at radius 1 is 1.39 bits per heavy atom. The van der Waals surface area contributed by atoms with Gasteiger partial charge in [-0.05, 0) is 31.1 Å². The van der Waals surface area contributed by atoms with E-state index in [-0.39, 0.29) is 24.4 Å². The molecule has 0 radical (unpaired) electrons. The summed E-state index contributed by atoms with van der Waals surface area (Å²) in [5, 5.41) is 3.12. The van der Waals surface area contributed by atoms with Crippen molar-refractivity contribution in [2.45, 2.75) is 71.4 Å². The molecule has 1 fully saturated rings. The maximum atomic E-state index is 11.9. The highest BCUT2D eigenvalue weighted by atomic mass is 35.5.